The maximum absolute atomic E-state index is 11.1. The largest absolute Gasteiger partial charge is 0.481 e. The number of hydrogen-bond donors (Lipinski definition) is 2. The van der Waals surface area contributed by atoms with Crippen molar-refractivity contribution in [2.75, 3.05) is 5.32 Å². The van der Waals surface area contributed by atoms with E-state index >= 15 is 0 Å². The summed E-state index contributed by atoms with van der Waals surface area (Å²) >= 11 is 0. The number of hydrogen-bond acceptors (Lipinski definition) is 4. The minimum atomic E-state index is -0.809. The average molecular weight is 259 g/mol. The summed E-state index contributed by atoms with van der Waals surface area (Å²) in [6, 6.07) is 3.74. The van der Waals surface area contributed by atoms with Crippen molar-refractivity contribution in [1.29, 1.82) is 5.26 Å². The van der Waals surface area contributed by atoms with Gasteiger partial charge in [0, 0.05) is 11.7 Å². The summed E-state index contributed by atoms with van der Waals surface area (Å²) in [5, 5.41) is 21.5. The van der Waals surface area contributed by atoms with Gasteiger partial charge >= 0.3 is 5.97 Å². The molecule has 2 N–H and O–H groups in total. The van der Waals surface area contributed by atoms with Crippen molar-refractivity contribution in [1.82, 2.24) is 4.98 Å². The molecule has 0 aliphatic heterocycles. The fraction of sp³-hybridized carbons (Fsp3) is 0.500. The molecule has 100 valence electrons. The lowest BCUT2D eigenvalue weighted by molar-refractivity contribution is -0.138. The molecule has 1 aromatic heterocycles. The highest BCUT2D eigenvalue weighted by Crippen LogP contribution is 2.35. The van der Waals surface area contributed by atoms with Crippen LogP contribution < -0.4 is 5.32 Å². The zero-order valence-electron chi connectivity index (χ0n) is 10.7. The van der Waals surface area contributed by atoms with Gasteiger partial charge in [-0.2, -0.15) is 5.26 Å². The molecule has 0 spiro atoms. The van der Waals surface area contributed by atoms with E-state index in [0.29, 0.717) is 11.3 Å². The van der Waals surface area contributed by atoms with Crippen LogP contribution in [0.25, 0.3) is 0 Å². The summed E-state index contributed by atoms with van der Waals surface area (Å²) in [5.41, 5.74) is 0.692. The van der Waals surface area contributed by atoms with Crippen LogP contribution in [0.1, 0.15) is 44.1 Å². The van der Waals surface area contributed by atoms with Crippen LogP contribution in [-0.4, -0.2) is 21.6 Å². The van der Waals surface area contributed by atoms with Gasteiger partial charge in [-0.15, -0.1) is 0 Å². The number of pyridine rings is 1. The minimum absolute atomic E-state index is 0.0762. The number of anilines is 1. The van der Waals surface area contributed by atoms with Gasteiger partial charge in [-0.1, -0.05) is 19.3 Å². The zero-order valence-corrected chi connectivity index (χ0v) is 10.7. The lowest BCUT2D eigenvalue weighted by atomic mass is 9.79. The van der Waals surface area contributed by atoms with Crippen molar-refractivity contribution >= 4 is 11.7 Å². The van der Waals surface area contributed by atoms with Gasteiger partial charge in [0.2, 0.25) is 0 Å². The number of aliphatic carboxylic acids is 1. The highest BCUT2D eigenvalue weighted by atomic mass is 16.4. The standard InChI is InChI=1S/C14H17N3O2/c15-9-11-4-7-16-10-12(11)17-14(8-13(18)19)5-2-1-3-6-14/h4,7,10,17H,1-3,5-6,8H2,(H,18,19). The first-order valence-corrected chi connectivity index (χ1v) is 6.49. The van der Waals surface area contributed by atoms with Crippen molar-refractivity contribution in [3.8, 4) is 6.07 Å². The molecule has 0 aromatic carbocycles. The molecule has 1 saturated carbocycles. The second-order valence-corrected chi connectivity index (χ2v) is 5.07. The topological polar surface area (TPSA) is 86.0 Å². The summed E-state index contributed by atoms with van der Waals surface area (Å²) in [5.74, 6) is -0.809. The van der Waals surface area contributed by atoms with E-state index in [1.807, 2.05) is 0 Å². The number of nitriles is 1. The van der Waals surface area contributed by atoms with Crippen LogP contribution >= 0.6 is 0 Å². The molecule has 0 amide bonds. The quantitative estimate of drug-likeness (QED) is 0.867. The number of nitrogens with zero attached hydrogens (tertiary/aromatic N) is 2. The van der Waals surface area contributed by atoms with Crippen LogP contribution in [0.15, 0.2) is 18.5 Å². The molecule has 0 atom stereocenters. The number of nitrogens with one attached hydrogen (secondary N) is 1. The molecular formula is C14H17N3O2. The van der Waals surface area contributed by atoms with Crippen molar-refractivity contribution in [3.63, 3.8) is 0 Å². The second kappa shape index (κ2) is 5.70. The number of aromatic nitrogens is 1. The Hall–Kier alpha value is -2.09. The SMILES string of the molecule is N#Cc1ccncc1NC1(CC(=O)O)CCCCC1. The van der Waals surface area contributed by atoms with E-state index in [1.165, 1.54) is 0 Å². The highest BCUT2D eigenvalue weighted by Gasteiger charge is 2.34. The first-order valence-electron chi connectivity index (χ1n) is 6.49. The fourth-order valence-corrected chi connectivity index (χ4v) is 2.74. The third kappa shape index (κ3) is 3.22. The van der Waals surface area contributed by atoms with Gasteiger partial charge in [0.25, 0.3) is 0 Å². The second-order valence-electron chi connectivity index (χ2n) is 5.07. The van der Waals surface area contributed by atoms with E-state index in [-0.39, 0.29) is 6.42 Å². The maximum Gasteiger partial charge on any atom is 0.305 e. The van der Waals surface area contributed by atoms with Crippen molar-refractivity contribution < 1.29 is 9.90 Å². The normalized spacial score (nSPS) is 17.4. The predicted octanol–water partition coefficient (Wildman–Crippen LogP) is 2.54. The van der Waals surface area contributed by atoms with Crippen LogP contribution in [-0.2, 0) is 4.79 Å². The number of carboxylic acid groups (broad SMARTS) is 1. The lowest BCUT2D eigenvalue weighted by Crippen LogP contribution is -2.42. The van der Waals surface area contributed by atoms with Gasteiger partial charge < -0.3 is 10.4 Å². The Morgan fingerprint density at radius 3 is 2.84 bits per heavy atom. The Balaban J connectivity index is 2.25. The van der Waals surface area contributed by atoms with Gasteiger partial charge in [-0.3, -0.25) is 9.78 Å². The summed E-state index contributed by atoms with van der Waals surface area (Å²) in [7, 11) is 0. The number of carboxylic acids is 1. The molecular weight excluding hydrogens is 242 g/mol. The van der Waals surface area contributed by atoms with E-state index in [9.17, 15) is 4.79 Å². The highest BCUT2D eigenvalue weighted by molar-refractivity contribution is 5.70. The Bertz CT molecular complexity index is 502. The molecule has 1 heterocycles. The molecule has 5 heteroatoms. The molecule has 0 unspecified atom stereocenters. The van der Waals surface area contributed by atoms with E-state index in [0.717, 1.165) is 32.1 Å². The molecule has 5 nitrogen and oxygen atoms in total. The van der Waals surface area contributed by atoms with Crippen LogP contribution in [0.4, 0.5) is 5.69 Å². The van der Waals surface area contributed by atoms with Crippen LogP contribution in [0, 0.1) is 11.3 Å². The Morgan fingerprint density at radius 1 is 1.47 bits per heavy atom. The third-order valence-electron chi connectivity index (χ3n) is 3.64. The molecule has 19 heavy (non-hydrogen) atoms. The van der Waals surface area contributed by atoms with Gasteiger partial charge in [0.05, 0.1) is 23.9 Å². The van der Waals surface area contributed by atoms with Gasteiger partial charge in [-0.05, 0) is 18.9 Å². The Morgan fingerprint density at radius 2 is 2.21 bits per heavy atom. The molecule has 0 bridgehead atoms. The van der Waals surface area contributed by atoms with E-state index in [1.54, 1.807) is 18.5 Å². The predicted molar refractivity (Wildman–Crippen MR) is 70.6 cm³/mol. The summed E-state index contributed by atoms with van der Waals surface area (Å²) in [6.07, 6.45) is 8.04. The Kier molecular flexibility index (Phi) is 4.00. The molecule has 0 saturated heterocycles. The minimum Gasteiger partial charge on any atom is -0.481 e. The fourth-order valence-electron chi connectivity index (χ4n) is 2.74. The molecule has 0 radical (unpaired) electrons. The van der Waals surface area contributed by atoms with Gasteiger partial charge in [-0.25, -0.2) is 0 Å². The zero-order chi connectivity index (χ0) is 13.7. The van der Waals surface area contributed by atoms with Crippen molar-refractivity contribution in [2.24, 2.45) is 0 Å². The average Bonchev–Trinajstić information content (AvgIpc) is 2.39. The first-order chi connectivity index (χ1) is 9.15. The van der Waals surface area contributed by atoms with Crippen LogP contribution in [0.3, 0.4) is 0 Å². The smallest absolute Gasteiger partial charge is 0.305 e. The third-order valence-corrected chi connectivity index (χ3v) is 3.64. The van der Waals surface area contributed by atoms with Gasteiger partial charge in [0.15, 0.2) is 0 Å². The summed E-state index contributed by atoms with van der Waals surface area (Å²) < 4.78 is 0. The molecule has 1 aromatic rings. The maximum atomic E-state index is 11.1. The number of rotatable bonds is 4. The molecule has 1 fully saturated rings. The summed E-state index contributed by atoms with van der Waals surface area (Å²) in [4.78, 5) is 15.1. The lowest BCUT2D eigenvalue weighted by Gasteiger charge is -2.38. The van der Waals surface area contributed by atoms with Gasteiger partial charge in [0.1, 0.15) is 6.07 Å². The number of carbonyl (C=O) groups is 1. The summed E-state index contributed by atoms with van der Waals surface area (Å²) in [6.45, 7) is 0. The molecule has 1 aliphatic carbocycles. The van der Waals surface area contributed by atoms with E-state index < -0.39 is 11.5 Å². The van der Waals surface area contributed by atoms with E-state index in [4.69, 9.17) is 10.4 Å². The van der Waals surface area contributed by atoms with Crippen LogP contribution in [0.5, 0.6) is 0 Å². The van der Waals surface area contributed by atoms with Crippen molar-refractivity contribution in [3.05, 3.63) is 24.0 Å². The van der Waals surface area contributed by atoms with E-state index in [2.05, 4.69) is 16.4 Å². The monoisotopic (exact) mass is 259 g/mol. The van der Waals surface area contributed by atoms with Crippen molar-refractivity contribution in [2.45, 2.75) is 44.1 Å². The van der Waals surface area contributed by atoms with Crippen LogP contribution in [0.2, 0.25) is 0 Å². The Labute approximate surface area is 112 Å². The first kappa shape index (κ1) is 13.3. The molecule has 2 rings (SSSR count). The molecule has 1 aliphatic rings.